The maximum atomic E-state index is 12.4. The topological polar surface area (TPSA) is 101 Å². The van der Waals surface area contributed by atoms with E-state index in [-0.39, 0.29) is 14.9 Å². The molecule has 2 N–H and O–H groups in total. The number of anilines is 1. The van der Waals surface area contributed by atoms with E-state index in [2.05, 4.69) is 10.4 Å². The molecule has 0 unspecified atom stereocenters. The average molecular weight is 451 g/mol. The Bertz CT molecular complexity index is 959. The number of hydrogen-bond acceptors (Lipinski definition) is 7. The van der Waals surface area contributed by atoms with Crippen molar-refractivity contribution in [2.24, 2.45) is 0 Å². The van der Waals surface area contributed by atoms with Gasteiger partial charge >= 0.3 is 0 Å². The van der Waals surface area contributed by atoms with E-state index in [4.69, 9.17) is 27.9 Å². The first-order valence-corrected chi connectivity index (χ1v) is 10.9. The molecule has 1 aliphatic rings. The van der Waals surface area contributed by atoms with E-state index < -0.39 is 15.9 Å². The van der Waals surface area contributed by atoms with Gasteiger partial charge in [-0.2, -0.15) is 0 Å². The number of morpholine rings is 1. The van der Waals surface area contributed by atoms with Crippen molar-refractivity contribution in [3.05, 3.63) is 38.8 Å². The van der Waals surface area contributed by atoms with Crippen LogP contribution in [0.2, 0.25) is 10.0 Å². The summed E-state index contributed by atoms with van der Waals surface area (Å²) in [5.41, 5.74) is 2.70. The Kier molecular flexibility index (Phi) is 6.24. The second-order valence-electron chi connectivity index (χ2n) is 5.64. The number of hydrogen-bond donors (Lipinski definition) is 2. The zero-order valence-electron chi connectivity index (χ0n) is 14.2. The highest BCUT2D eigenvalue weighted by atomic mass is 35.5. The molecule has 3 rings (SSSR count). The van der Waals surface area contributed by atoms with E-state index in [1.54, 1.807) is 6.92 Å². The number of rotatable bonds is 5. The van der Waals surface area contributed by atoms with Crippen molar-refractivity contribution in [2.75, 3.05) is 31.2 Å². The molecule has 1 aromatic heterocycles. The number of sulfonamides is 1. The van der Waals surface area contributed by atoms with Crippen molar-refractivity contribution < 1.29 is 17.9 Å². The highest BCUT2D eigenvalue weighted by Crippen LogP contribution is 2.27. The lowest BCUT2D eigenvalue weighted by Gasteiger charge is -2.25. The van der Waals surface area contributed by atoms with Gasteiger partial charge in [-0.25, -0.2) is 13.4 Å². The number of carbonyl (C=O) groups excluding carboxylic acids is 1. The van der Waals surface area contributed by atoms with Crippen LogP contribution in [0.4, 0.5) is 5.13 Å². The lowest BCUT2D eigenvalue weighted by molar-refractivity contribution is 0.0948. The Morgan fingerprint density at radius 1 is 1.30 bits per heavy atom. The van der Waals surface area contributed by atoms with Gasteiger partial charge in [-0.1, -0.05) is 34.5 Å². The van der Waals surface area contributed by atoms with Crippen molar-refractivity contribution in [1.29, 1.82) is 0 Å². The molecule has 0 radical (unpaired) electrons. The van der Waals surface area contributed by atoms with E-state index in [9.17, 15) is 13.2 Å². The summed E-state index contributed by atoms with van der Waals surface area (Å²) in [7, 11) is -4.08. The minimum Gasteiger partial charge on any atom is -0.378 e. The molecule has 12 heteroatoms. The fourth-order valence-corrected chi connectivity index (χ4v) is 5.01. The Labute approximate surface area is 170 Å². The number of ether oxygens (including phenoxy) is 1. The number of nitrogens with zero attached hydrogens (tertiary/aromatic N) is 2. The fraction of sp³-hybridized carbons (Fsp3) is 0.333. The largest absolute Gasteiger partial charge is 0.378 e. The summed E-state index contributed by atoms with van der Waals surface area (Å²) in [6, 6.07) is 4.03. The van der Waals surface area contributed by atoms with Gasteiger partial charge in [0.25, 0.3) is 15.9 Å². The highest BCUT2D eigenvalue weighted by molar-refractivity contribution is 7.89. The summed E-state index contributed by atoms with van der Waals surface area (Å²) in [5, 5.41) is 0.894. The fourth-order valence-electron chi connectivity index (χ4n) is 2.39. The highest BCUT2D eigenvalue weighted by Gasteiger charge is 2.23. The van der Waals surface area contributed by atoms with Crippen LogP contribution in [0.3, 0.4) is 0 Å². The van der Waals surface area contributed by atoms with E-state index in [0.29, 0.717) is 42.0 Å². The molecule has 27 heavy (non-hydrogen) atoms. The minimum absolute atomic E-state index is 0.00952. The van der Waals surface area contributed by atoms with Gasteiger partial charge in [0.15, 0.2) is 5.13 Å². The first kappa shape index (κ1) is 20.3. The molecule has 0 atom stereocenters. The number of benzene rings is 1. The molecule has 1 fully saturated rings. The molecule has 2 aromatic rings. The van der Waals surface area contributed by atoms with Crippen molar-refractivity contribution in [3.63, 3.8) is 0 Å². The zero-order chi connectivity index (χ0) is 19.6. The van der Waals surface area contributed by atoms with E-state index >= 15 is 0 Å². The maximum absolute atomic E-state index is 12.4. The van der Waals surface area contributed by atoms with Gasteiger partial charge in [0, 0.05) is 18.1 Å². The van der Waals surface area contributed by atoms with Crippen LogP contribution in [0, 0.1) is 6.92 Å². The van der Waals surface area contributed by atoms with Crippen molar-refractivity contribution in [3.8, 4) is 0 Å². The number of carbonyl (C=O) groups is 1. The molecular formula is C15H16Cl2N4O4S2. The number of halogens is 2. The summed E-state index contributed by atoms with van der Waals surface area (Å²) in [6.45, 7) is 4.26. The van der Waals surface area contributed by atoms with E-state index in [1.165, 1.54) is 29.5 Å². The van der Waals surface area contributed by atoms with Gasteiger partial charge in [-0.15, -0.1) is 4.83 Å². The van der Waals surface area contributed by atoms with Gasteiger partial charge in [-0.05, 0) is 25.1 Å². The van der Waals surface area contributed by atoms with Gasteiger partial charge in [0.1, 0.15) is 9.77 Å². The molecule has 1 aliphatic heterocycles. The molecule has 0 saturated carbocycles. The van der Waals surface area contributed by atoms with Gasteiger partial charge in [-0.3, -0.25) is 10.2 Å². The zero-order valence-corrected chi connectivity index (χ0v) is 17.3. The molecule has 2 heterocycles. The first-order valence-electron chi connectivity index (χ1n) is 7.85. The number of aromatic nitrogens is 1. The Balaban J connectivity index is 1.72. The smallest absolute Gasteiger partial charge is 0.278 e. The SMILES string of the molecule is Cc1nc(N2CCOCC2)sc1C(=O)NNS(=O)(=O)c1cc(Cl)ccc1Cl. The molecular weight excluding hydrogens is 435 g/mol. The van der Waals surface area contributed by atoms with Gasteiger partial charge in [0.05, 0.1) is 23.9 Å². The number of thiazole rings is 1. The van der Waals surface area contributed by atoms with Crippen molar-refractivity contribution in [2.45, 2.75) is 11.8 Å². The Morgan fingerprint density at radius 2 is 2.00 bits per heavy atom. The standard InChI is InChI=1S/C15H16Cl2N4O4S2/c1-9-13(26-15(18-9)21-4-6-25-7-5-21)14(22)19-20-27(23,24)12-8-10(16)2-3-11(12)17/h2-3,8,20H,4-7H2,1H3,(H,19,22). The third-order valence-corrected chi connectivity index (χ3v) is 6.94. The summed E-state index contributed by atoms with van der Waals surface area (Å²) < 4.78 is 30.1. The third-order valence-electron chi connectivity index (χ3n) is 3.75. The van der Waals surface area contributed by atoms with Crippen molar-refractivity contribution in [1.82, 2.24) is 15.2 Å². The number of nitrogens with one attached hydrogen (secondary N) is 2. The van der Waals surface area contributed by atoms with Crippen LogP contribution in [0.5, 0.6) is 0 Å². The summed E-state index contributed by atoms with van der Waals surface area (Å²) in [6.07, 6.45) is 0. The van der Waals surface area contributed by atoms with Crippen LogP contribution < -0.4 is 15.2 Å². The molecule has 0 bridgehead atoms. The predicted octanol–water partition coefficient (Wildman–Crippen LogP) is 2.22. The normalized spacial score (nSPS) is 15.0. The second kappa shape index (κ2) is 8.29. The molecule has 1 aromatic carbocycles. The summed E-state index contributed by atoms with van der Waals surface area (Å²) in [4.78, 5) is 21.0. The monoisotopic (exact) mass is 450 g/mol. The average Bonchev–Trinajstić information content (AvgIpc) is 3.04. The first-order chi connectivity index (χ1) is 12.8. The molecule has 1 saturated heterocycles. The number of hydrazine groups is 1. The van der Waals surface area contributed by atoms with Crippen LogP contribution in [-0.2, 0) is 14.8 Å². The van der Waals surface area contributed by atoms with E-state index in [0.717, 1.165) is 0 Å². The van der Waals surface area contributed by atoms with Gasteiger partial charge < -0.3 is 9.64 Å². The summed E-state index contributed by atoms with van der Waals surface area (Å²) in [5.74, 6) is -0.605. The van der Waals surface area contributed by atoms with Crippen LogP contribution in [0.25, 0.3) is 0 Å². The maximum Gasteiger partial charge on any atom is 0.278 e. The third kappa shape index (κ3) is 4.71. The van der Waals surface area contributed by atoms with Crippen LogP contribution in [0.15, 0.2) is 23.1 Å². The van der Waals surface area contributed by atoms with Crippen LogP contribution in [-0.4, -0.2) is 45.6 Å². The molecule has 0 aliphatic carbocycles. The van der Waals surface area contributed by atoms with Crippen molar-refractivity contribution >= 4 is 55.6 Å². The lowest BCUT2D eigenvalue weighted by atomic mass is 10.4. The van der Waals surface area contributed by atoms with Crippen LogP contribution >= 0.6 is 34.5 Å². The molecule has 1 amide bonds. The van der Waals surface area contributed by atoms with Gasteiger partial charge in [0.2, 0.25) is 0 Å². The van der Waals surface area contributed by atoms with E-state index in [1.807, 2.05) is 9.73 Å². The quantitative estimate of drug-likeness (QED) is 0.677. The Hall–Kier alpha value is -1.43. The minimum atomic E-state index is -4.08. The van der Waals surface area contributed by atoms with Crippen LogP contribution in [0.1, 0.15) is 15.4 Å². The molecule has 8 nitrogen and oxygen atoms in total. The predicted molar refractivity (Wildman–Crippen MR) is 104 cm³/mol. The lowest BCUT2D eigenvalue weighted by Crippen LogP contribution is -2.41. The second-order valence-corrected chi connectivity index (χ2v) is 9.12. The summed E-state index contributed by atoms with van der Waals surface area (Å²) >= 11 is 12.9. The molecule has 0 spiro atoms. The molecule has 146 valence electrons. The Morgan fingerprint density at radius 3 is 2.70 bits per heavy atom. The number of aryl methyl sites for hydroxylation is 1. The number of amides is 1.